The fourth-order valence-electron chi connectivity index (χ4n) is 1.77. The van der Waals surface area contributed by atoms with E-state index in [1.165, 1.54) is 5.56 Å². The standard InChI is InChI=1S/C10H17N5/c1-3-13-9-7-6-12-5-4-8(7)14-10(11-2)15-9/h12H,3-6H2,1-2H3,(H2,11,13,14,15). The molecule has 0 saturated heterocycles. The second-order valence-corrected chi connectivity index (χ2v) is 3.53. The summed E-state index contributed by atoms with van der Waals surface area (Å²) in [6.07, 6.45) is 0.977. The lowest BCUT2D eigenvalue weighted by atomic mass is 10.1. The number of aromatic nitrogens is 2. The van der Waals surface area contributed by atoms with Gasteiger partial charge in [0.15, 0.2) is 0 Å². The summed E-state index contributed by atoms with van der Waals surface area (Å²) in [6.45, 7) is 4.82. The molecule has 1 aliphatic rings. The summed E-state index contributed by atoms with van der Waals surface area (Å²) >= 11 is 0. The van der Waals surface area contributed by atoms with Crippen LogP contribution in [0.4, 0.5) is 11.8 Å². The van der Waals surface area contributed by atoms with E-state index in [0.29, 0.717) is 5.95 Å². The normalized spacial score (nSPS) is 14.5. The summed E-state index contributed by atoms with van der Waals surface area (Å²) in [5, 5.41) is 9.61. The Hall–Kier alpha value is -1.36. The third-order valence-corrected chi connectivity index (χ3v) is 2.50. The first-order valence-corrected chi connectivity index (χ1v) is 5.37. The van der Waals surface area contributed by atoms with Gasteiger partial charge in [0, 0.05) is 38.7 Å². The monoisotopic (exact) mass is 207 g/mol. The van der Waals surface area contributed by atoms with Crippen molar-refractivity contribution >= 4 is 11.8 Å². The maximum absolute atomic E-state index is 4.47. The van der Waals surface area contributed by atoms with Crippen LogP contribution in [0.2, 0.25) is 0 Å². The Kier molecular flexibility index (Phi) is 3.01. The van der Waals surface area contributed by atoms with E-state index in [-0.39, 0.29) is 0 Å². The molecule has 5 heteroatoms. The van der Waals surface area contributed by atoms with E-state index in [9.17, 15) is 0 Å². The van der Waals surface area contributed by atoms with E-state index in [1.54, 1.807) is 0 Å². The van der Waals surface area contributed by atoms with Gasteiger partial charge in [0.05, 0.1) is 5.69 Å². The number of hydrogen-bond acceptors (Lipinski definition) is 5. The molecule has 3 N–H and O–H groups in total. The molecular formula is C10H17N5. The Morgan fingerprint density at radius 2 is 2.27 bits per heavy atom. The Bertz CT molecular complexity index is 350. The molecular weight excluding hydrogens is 190 g/mol. The van der Waals surface area contributed by atoms with E-state index in [2.05, 4.69) is 32.8 Å². The lowest BCUT2D eigenvalue weighted by molar-refractivity contribution is 0.628. The molecule has 0 spiro atoms. The van der Waals surface area contributed by atoms with Crippen LogP contribution in [-0.4, -0.2) is 30.1 Å². The molecule has 0 atom stereocenters. The topological polar surface area (TPSA) is 61.9 Å². The van der Waals surface area contributed by atoms with Crippen molar-refractivity contribution < 1.29 is 0 Å². The van der Waals surface area contributed by atoms with Gasteiger partial charge in [-0.2, -0.15) is 4.98 Å². The van der Waals surface area contributed by atoms with Crippen LogP contribution in [0.5, 0.6) is 0 Å². The van der Waals surface area contributed by atoms with Gasteiger partial charge in [0.1, 0.15) is 5.82 Å². The highest BCUT2D eigenvalue weighted by Gasteiger charge is 2.16. The fraction of sp³-hybridized carbons (Fsp3) is 0.600. The zero-order chi connectivity index (χ0) is 10.7. The minimum Gasteiger partial charge on any atom is -0.370 e. The Morgan fingerprint density at radius 1 is 1.40 bits per heavy atom. The van der Waals surface area contributed by atoms with Crippen LogP contribution in [0.1, 0.15) is 18.2 Å². The Labute approximate surface area is 89.7 Å². The lowest BCUT2D eigenvalue weighted by Gasteiger charge is -2.20. The molecule has 5 nitrogen and oxygen atoms in total. The van der Waals surface area contributed by atoms with Gasteiger partial charge in [-0.3, -0.25) is 0 Å². The van der Waals surface area contributed by atoms with E-state index in [1.807, 2.05) is 7.05 Å². The SMILES string of the molecule is CCNc1nc(NC)nc2c1CNCC2. The number of anilines is 2. The molecule has 82 valence electrons. The van der Waals surface area contributed by atoms with E-state index < -0.39 is 0 Å². The van der Waals surface area contributed by atoms with Gasteiger partial charge in [0.25, 0.3) is 0 Å². The van der Waals surface area contributed by atoms with Gasteiger partial charge in [0.2, 0.25) is 5.95 Å². The molecule has 1 aliphatic heterocycles. The quantitative estimate of drug-likeness (QED) is 0.677. The van der Waals surface area contributed by atoms with Gasteiger partial charge in [-0.05, 0) is 6.92 Å². The van der Waals surface area contributed by atoms with Crippen molar-refractivity contribution in [3.05, 3.63) is 11.3 Å². The molecule has 2 rings (SSSR count). The second kappa shape index (κ2) is 4.44. The van der Waals surface area contributed by atoms with Gasteiger partial charge >= 0.3 is 0 Å². The summed E-state index contributed by atoms with van der Waals surface area (Å²) in [5.74, 6) is 1.66. The second-order valence-electron chi connectivity index (χ2n) is 3.53. The molecule has 0 amide bonds. The summed E-state index contributed by atoms with van der Waals surface area (Å²) in [5.41, 5.74) is 2.37. The lowest BCUT2D eigenvalue weighted by Crippen LogP contribution is -2.26. The van der Waals surface area contributed by atoms with Gasteiger partial charge in [-0.15, -0.1) is 0 Å². The van der Waals surface area contributed by atoms with Gasteiger partial charge in [-0.25, -0.2) is 4.98 Å². The van der Waals surface area contributed by atoms with Crippen molar-refractivity contribution in [1.82, 2.24) is 15.3 Å². The van der Waals surface area contributed by atoms with Crippen LogP contribution in [0, 0.1) is 0 Å². The maximum atomic E-state index is 4.47. The molecule has 0 fully saturated rings. The van der Waals surface area contributed by atoms with Crippen LogP contribution in [0.25, 0.3) is 0 Å². The third kappa shape index (κ3) is 2.02. The summed E-state index contributed by atoms with van der Waals surface area (Å²) in [7, 11) is 1.85. The van der Waals surface area contributed by atoms with Crippen LogP contribution in [0.3, 0.4) is 0 Å². The van der Waals surface area contributed by atoms with Gasteiger partial charge in [-0.1, -0.05) is 0 Å². The van der Waals surface area contributed by atoms with Gasteiger partial charge < -0.3 is 16.0 Å². The summed E-state index contributed by atoms with van der Waals surface area (Å²) in [4.78, 5) is 8.89. The minimum absolute atomic E-state index is 0.701. The molecule has 0 radical (unpaired) electrons. The van der Waals surface area contributed by atoms with Crippen LogP contribution >= 0.6 is 0 Å². The minimum atomic E-state index is 0.701. The smallest absolute Gasteiger partial charge is 0.224 e. The van der Waals surface area contributed by atoms with Crippen molar-refractivity contribution in [3.63, 3.8) is 0 Å². The first-order chi connectivity index (χ1) is 7.35. The predicted molar refractivity (Wildman–Crippen MR) is 61.2 cm³/mol. The largest absolute Gasteiger partial charge is 0.370 e. The molecule has 2 heterocycles. The Balaban J connectivity index is 2.41. The van der Waals surface area contributed by atoms with E-state index in [0.717, 1.165) is 37.6 Å². The number of nitrogens with zero attached hydrogens (tertiary/aromatic N) is 2. The van der Waals surface area contributed by atoms with Crippen molar-refractivity contribution in [3.8, 4) is 0 Å². The number of hydrogen-bond donors (Lipinski definition) is 3. The maximum Gasteiger partial charge on any atom is 0.224 e. The molecule has 0 bridgehead atoms. The molecule has 1 aromatic heterocycles. The average molecular weight is 207 g/mol. The highest BCUT2D eigenvalue weighted by molar-refractivity contribution is 5.51. The van der Waals surface area contributed by atoms with Crippen molar-refractivity contribution in [2.24, 2.45) is 0 Å². The van der Waals surface area contributed by atoms with Crippen molar-refractivity contribution in [1.29, 1.82) is 0 Å². The van der Waals surface area contributed by atoms with E-state index in [4.69, 9.17) is 0 Å². The number of rotatable bonds is 3. The number of fused-ring (bicyclic) bond motifs is 1. The number of nitrogens with one attached hydrogen (secondary N) is 3. The zero-order valence-electron chi connectivity index (χ0n) is 9.22. The molecule has 0 aromatic carbocycles. The highest BCUT2D eigenvalue weighted by atomic mass is 15.1. The summed E-state index contributed by atoms with van der Waals surface area (Å²) in [6, 6.07) is 0. The first-order valence-electron chi connectivity index (χ1n) is 5.37. The van der Waals surface area contributed by atoms with Crippen molar-refractivity contribution in [2.75, 3.05) is 30.8 Å². The molecule has 0 aliphatic carbocycles. The van der Waals surface area contributed by atoms with Crippen molar-refractivity contribution in [2.45, 2.75) is 19.9 Å². The molecule has 15 heavy (non-hydrogen) atoms. The highest BCUT2D eigenvalue weighted by Crippen LogP contribution is 2.21. The summed E-state index contributed by atoms with van der Waals surface area (Å²) < 4.78 is 0. The predicted octanol–water partition coefficient (Wildman–Crippen LogP) is 0.596. The first kappa shape index (κ1) is 10.2. The third-order valence-electron chi connectivity index (χ3n) is 2.50. The van der Waals surface area contributed by atoms with Crippen LogP contribution < -0.4 is 16.0 Å². The molecule has 0 saturated carbocycles. The molecule has 0 unspecified atom stereocenters. The van der Waals surface area contributed by atoms with Crippen LogP contribution in [-0.2, 0) is 13.0 Å². The zero-order valence-corrected chi connectivity index (χ0v) is 9.22. The average Bonchev–Trinajstić information content (AvgIpc) is 2.29. The Morgan fingerprint density at radius 3 is 3.00 bits per heavy atom. The van der Waals surface area contributed by atoms with E-state index >= 15 is 0 Å². The fourth-order valence-corrected chi connectivity index (χ4v) is 1.77. The molecule has 1 aromatic rings. The van der Waals surface area contributed by atoms with Crippen LogP contribution in [0.15, 0.2) is 0 Å².